The Bertz CT molecular complexity index is 457. The smallest absolute Gasteiger partial charge is 0.0740 e. The van der Waals surface area contributed by atoms with E-state index in [0.29, 0.717) is 12.0 Å². The van der Waals surface area contributed by atoms with Gasteiger partial charge in [-0.25, -0.2) is 0 Å². The fourth-order valence-electron chi connectivity index (χ4n) is 3.27. The van der Waals surface area contributed by atoms with E-state index >= 15 is 0 Å². The lowest BCUT2D eigenvalue weighted by Gasteiger charge is -2.46. The molecule has 0 unspecified atom stereocenters. The number of hydrogen-bond acceptors (Lipinski definition) is 2. The molecular formula is C17H27NO. The summed E-state index contributed by atoms with van der Waals surface area (Å²) in [4.78, 5) is 2.35. The maximum Gasteiger partial charge on any atom is 0.0740 e. The van der Waals surface area contributed by atoms with Gasteiger partial charge in [-0.05, 0) is 51.3 Å². The number of rotatable bonds is 2. The second-order valence-electron chi connectivity index (χ2n) is 6.60. The Balaban J connectivity index is 2.20. The predicted octanol–water partition coefficient (Wildman–Crippen LogP) is 2.94. The van der Waals surface area contributed by atoms with Crippen molar-refractivity contribution < 1.29 is 5.11 Å². The first kappa shape index (κ1) is 14.5. The van der Waals surface area contributed by atoms with Crippen molar-refractivity contribution in [2.75, 3.05) is 13.6 Å². The van der Waals surface area contributed by atoms with Crippen LogP contribution in [0.3, 0.4) is 0 Å². The van der Waals surface area contributed by atoms with E-state index < -0.39 is 5.60 Å². The predicted molar refractivity (Wildman–Crippen MR) is 80.4 cm³/mol. The molecule has 19 heavy (non-hydrogen) atoms. The highest BCUT2D eigenvalue weighted by atomic mass is 16.3. The highest BCUT2D eigenvalue weighted by Crippen LogP contribution is 2.34. The topological polar surface area (TPSA) is 23.5 Å². The van der Waals surface area contributed by atoms with Gasteiger partial charge in [0.25, 0.3) is 0 Å². The average Bonchev–Trinajstić information content (AvgIpc) is 2.31. The fourth-order valence-corrected chi connectivity index (χ4v) is 3.27. The zero-order valence-corrected chi connectivity index (χ0v) is 12.9. The normalized spacial score (nSPS) is 32.5. The van der Waals surface area contributed by atoms with Gasteiger partial charge in [-0.2, -0.15) is 0 Å². The van der Waals surface area contributed by atoms with Crippen LogP contribution < -0.4 is 0 Å². The molecule has 106 valence electrons. The van der Waals surface area contributed by atoms with Gasteiger partial charge in [0.1, 0.15) is 0 Å². The summed E-state index contributed by atoms with van der Waals surface area (Å²) in [6, 6.07) is 6.99. The second kappa shape index (κ2) is 5.26. The molecule has 0 aliphatic carbocycles. The third-order valence-electron chi connectivity index (χ3n) is 4.88. The highest BCUT2D eigenvalue weighted by Gasteiger charge is 2.41. The summed E-state index contributed by atoms with van der Waals surface area (Å²) in [7, 11) is 2.15. The van der Waals surface area contributed by atoms with Crippen LogP contribution in [0.2, 0.25) is 0 Å². The summed E-state index contributed by atoms with van der Waals surface area (Å²) < 4.78 is 0. The highest BCUT2D eigenvalue weighted by molar-refractivity contribution is 5.31. The van der Waals surface area contributed by atoms with Gasteiger partial charge in [0.15, 0.2) is 0 Å². The SMILES string of the molecule is Cc1ccc(C[C@]2(O)C[C@@H](C)N(C)C[C@H]2C)c(C)c1. The molecule has 0 saturated carbocycles. The summed E-state index contributed by atoms with van der Waals surface area (Å²) in [6.45, 7) is 9.62. The molecule has 1 aliphatic rings. The maximum atomic E-state index is 11.0. The molecule has 0 spiro atoms. The Morgan fingerprint density at radius 2 is 2.00 bits per heavy atom. The Labute approximate surface area is 117 Å². The van der Waals surface area contributed by atoms with Crippen LogP contribution in [0.25, 0.3) is 0 Å². The standard InChI is InChI=1S/C17H27NO/c1-12-6-7-16(13(2)8-12)10-17(19)9-15(4)18(5)11-14(17)3/h6-8,14-15,19H,9-11H2,1-5H3/t14-,15-,17-/m1/s1. The molecule has 1 aromatic carbocycles. The van der Waals surface area contributed by atoms with E-state index in [1.807, 2.05) is 0 Å². The van der Waals surface area contributed by atoms with E-state index in [9.17, 15) is 5.11 Å². The molecule has 2 heteroatoms. The summed E-state index contributed by atoms with van der Waals surface area (Å²) >= 11 is 0. The van der Waals surface area contributed by atoms with Crippen LogP contribution in [-0.4, -0.2) is 35.2 Å². The molecule has 1 fully saturated rings. The average molecular weight is 261 g/mol. The molecule has 1 aliphatic heterocycles. The first-order chi connectivity index (χ1) is 8.82. The second-order valence-corrected chi connectivity index (χ2v) is 6.60. The lowest BCUT2D eigenvalue weighted by molar-refractivity contribution is -0.0778. The van der Waals surface area contributed by atoms with Crippen LogP contribution in [0.4, 0.5) is 0 Å². The lowest BCUT2D eigenvalue weighted by Crippen LogP contribution is -2.54. The lowest BCUT2D eigenvalue weighted by atomic mass is 9.75. The zero-order chi connectivity index (χ0) is 14.2. The van der Waals surface area contributed by atoms with Crippen molar-refractivity contribution in [1.82, 2.24) is 4.90 Å². The van der Waals surface area contributed by atoms with Gasteiger partial charge < -0.3 is 10.0 Å². The third kappa shape index (κ3) is 3.01. The number of aliphatic hydroxyl groups is 1. The third-order valence-corrected chi connectivity index (χ3v) is 4.88. The van der Waals surface area contributed by atoms with E-state index in [2.05, 4.69) is 57.8 Å². The van der Waals surface area contributed by atoms with Crippen molar-refractivity contribution in [3.05, 3.63) is 34.9 Å². The number of benzene rings is 1. The minimum Gasteiger partial charge on any atom is -0.389 e. The molecule has 0 bridgehead atoms. The summed E-state index contributed by atoms with van der Waals surface area (Å²) in [5, 5.41) is 11.0. The van der Waals surface area contributed by atoms with E-state index in [4.69, 9.17) is 0 Å². The molecule has 1 saturated heterocycles. The van der Waals surface area contributed by atoms with Crippen LogP contribution in [0.5, 0.6) is 0 Å². The molecule has 0 amide bonds. The summed E-state index contributed by atoms with van der Waals surface area (Å²) in [5.41, 5.74) is 3.31. The Morgan fingerprint density at radius 1 is 1.32 bits per heavy atom. The van der Waals surface area contributed by atoms with Crippen molar-refractivity contribution in [2.24, 2.45) is 5.92 Å². The van der Waals surface area contributed by atoms with Crippen LogP contribution >= 0.6 is 0 Å². The molecule has 1 heterocycles. The van der Waals surface area contributed by atoms with Crippen molar-refractivity contribution in [3.8, 4) is 0 Å². The molecule has 2 rings (SSSR count). The van der Waals surface area contributed by atoms with E-state index in [1.54, 1.807) is 0 Å². The number of aryl methyl sites for hydroxylation is 2. The van der Waals surface area contributed by atoms with Crippen LogP contribution in [0.1, 0.15) is 37.0 Å². The Hall–Kier alpha value is -0.860. The molecule has 0 radical (unpaired) electrons. The molecule has 2 nitrogen and oxygen atoms in total. The molecule has 0 aromatic heterocycles. The minimum absolute atomic E-state index is 0.314. The van der Waals surface area contributed by atoms with Gasteiger partial charge in [0.05, 0.1) is 5.60 Å². The number of likely N-dealkylation sites (tertiary alicyclic amines) is 1. The number of hydrogen-bond donors (Lipinski definition) is 1. The van der Waals surface area contributed by atoms with Crippen LogP contribution in [-0.2, 0) is 6.42 Å². The van der Waals surface area contributed by atoms with Gasteiger partial charge in [0.2, 0.25) is 0 Å². The first-order valence-electron chi connectivity index (χ1n) is 7.30. The number of nitrogens with zero attached hydrogens (tertiary/aromatic N) is 1. The fraction of sp³-hybridized carbons (Fsp3) is 0.647. The van der Waals surface area contributed by atoms with Gasteiger partial charge >= 0.3 is 0 Å². The van der Waals surface area contributed by atoms with E-state index in [1.165, 1.54) is 16.7 Å². The maximum absolute atomic E-state index is 11.0. The zero-order valence-electron chi connectivity index (χ0n) is 12.9. The monoisotopic (exact) mass is 261 g/mol. The first-order valence-corrected chi connectivity index (χ1v) is 7.30. The van der Waals surface area contributed by atoms with Gasteiger partial charge in [0, 0.05) is 19.0 Å². The van der Waals surface area contributed by atoms with Crippen molar-refractivity contribution >= 4 is 0 Å². The number of piperidine rings is 1. The van der Waals surface area contributed by atoms with Crippen LogP contribution in [0.15, 0.2) is 18.2 Å². The van der Waals surface area contributed by atoms with Gasteiger partial charge in [-0.15, -0.1) is 0 Å². The summed E-state index contributed by atoms with van der Waals surface area (Å²) in [5.74, 6) is 0.314. The minimum atomic E-state index is -0.564. The van der Waals surface area contributed by atoms with E-state index in [-0.39, 0.29) is 0 Å². The van der Waals surface area contributed by atoms with E-state index in [0.717, 1.165) is 19.4 Å². The van der Waals surface area contributed by atoms with Crippen molar-refractivity contribution in [3.63, 3.8) is 0 Å². The molecular weight excluding hydrogens is 234 g/mol. The molecule has 1 N–H and O–H groups in total. The largest absolute Gasteiger partial charge is 0.389 e. The Kier molecular flexibility index (Phi) is 4.03. The van der Waals surface area contributed by atoms with Crippen molar-refractivity contribution in [1.29, 1.82) is 0 Å². The Morgan fingerprint density at radius 3 is 2.63 bits per heavy atom. The van der Waals surface area contributed by atoms with Gasteiger partial charge in [-0.1, -0.05) is 30.7 Å². The quantitative estimate of drug-likeness (QED) is 0.885. The van der Waals surface area contributed by atoms with Crippen molar-refractivity contribution in [2.45, 2.75) is 52.2 Å². The van der Waals surface area contributed by atoms with Crippen LogP contribution in [0, 0.1) is 19.8 Å². The van der Waals surface area contributed by atoms with Gasteiger partial charge in [-0.3, -0.25) is 0 Å². The molecule has 3 atom stereocenters. The molecule has 1 aromatic rings. The summed E-state index contributed by atoms with van der Waals surface area (Å²) in [6.07, 6.45) is 1.64.